The van der Waals surface area contributed by atoms with Gasteiger partial charge in [-0.15, -0.1) is 0 Å². The average Bonchev–Trinajstić information content (AvgIpc) is 2.95. The summed E-state index contributed by atoms with van der Waals surface area (Å²) in [6.45, 7) is 8.95. The second-order valence-corrected chi connectivity index (χ2v) is 9.99. The molecular weight excluding hydrogens is 376 g/mol. The Kier molecular flexibility index (Phi) is 6.14. The van der Waals surface area contributed by atoms with E-state index in [4.69, 9.17) is 5.14 Å². The van der Waals surface area contributed by atoms with Crippen LogP contribution in [0.5, 0.6) is 0 Å². The van der Waals surface area contributed by atoms with E-state index in [1.807, 2.05) is 18.9 Å². The Morgan fingerprint density at radius 3 is 2.50 bits per heavy atom. The number of piperidine rings is 1. The first-order valence-corrected chi connectivity index (χ1v) is 11.5. The van der Waals surface area contributed by atoms with Crippen LogP contribution in [0.4, 0.5) is 5.69 Å². The Bertz CT molecular complexity index is 832. The molecule has 8 heteroatoms. The minimum Gasteiger partial charge on any atom is -0.308 e. The average molecular weight is 409 g/mol. The van der Waals surface area contributed by atoms with Gasteiger partial charge in [0.05, 0.1) is 11.4 Å². The van der Waals surface area contributed by atoms with E-state index in [1.54, 1.807) is 12.1 Å². The normalized spacial score (nSPS) is 21.5. The SMILES string of the molecule is CC(C)N1CCC(N(C)CC(=O)N2c3ccc(S(N)(=O)=O)cc3CC2C)CC1. The Balaban J connectivity index is 1.67. The molecule has 0 aliphatic carbocycles. The number of rotatable bonds is 5. The number of primary sulfonamides is 1. The van der Waals surface area contributed by atoms with Gasteiger partial charge in [-0.3, -0.25) is 9.69 Å². The van der Waals surface area contributed by atoms with Gasteiger partial charge >= 0.3 is 0 Å². The van der Waals surface area contributed by atoms with Crippen molar-refractivity contribution in [3.63, 3.8) is 0 Å². The van der Waals surface area contributed by atoms with Crippen molar-refractivity contribution in [2.45, 2.75) is 63.1 Å². The zero-order valence-electron chi connectivity index (χ0n) is 17.3. The van der Waals surface area contributed by atoms with Crippen molar-refractivity contribution >= 4 is 21.6 Å². The minimum absolute atomic E-state index is 0.00872. The van der Waals surface area contributed by atoms with Gasteiger partial charge in [0.1, 0.15) is 0 Å². The second kappa shape index (κ2) is 8.10. The predicted molar refractivity (Wildman–Crippen MR) is 111 cm³/mol. The Hall–Kier alpha value is -1.48. The quantitative estimate of drug-likeness (QED) is 0.796. The molecule has 28 heavy (non-hydrogen) atoms. The first kappa shape index (κ1) is 21.2. The van der Waals surface area contributed by atoms with Crippen molar-refractivity contribution in [3.8, 4) is 0 Å². The zero-order valence-corrected chi connectivity index (χ0v) is 18.1. The molecule has 0 spiro atoms. The zero-order chi connectivity index (χ0) is 20.6. The van der Waals surface area contributed by atoms with Crippen LogP contribution < -0.4 is 10.0 Å². The number of likely N-dealkylation sites (N-methyl/N-ethyl adjacent to an activating group) is 1. The molecule has 3 rings (SSSR count). The van der Waals surface area contributed by atoms with Gasteiger partial charge in [-0.2, -0.15) is 0 Å². The van der Waals surface area contributed by atoms with Crippen LogP contribution in [-0.4, -0.2) is 68.9 Å². The highest BCUT2D eigenvalue weighted by Crippen LogP contribution is 2.34. The summed E-state index contributed by atoms with van der Waals surface area (Å²) in [5.74, 6) is 0.0587. The highest BCUT2D eigenvalue weighted by Gasteiger charge is 2.33. The Labute approximate surface area is 168 Å². The van der Waals surface area contributed by atoms with Crippen LogP contribution in [-0.2, 0) is 21.2 Å². The maximum atomic E-state index is 13.1. The number of hydrogen-bond acceptors (Lipinski definition) is 5. The van der Waals surface area contributed by atoms with Crippen molar-refractivity contribution in [3.05, 3.63) is 23.8 Å². The van der Waals surface area contributed by atoms with Crippen molar-refractivity contribution in [2.24, 2.45) is 5.14 Å². The molecule has 1 atom stereocenters. The van der Waals surface area contributed by atoms with Gasteiger partial charge in [0, 0.05) is 23.8 Å². The van der Waals surface area contributed by atoms with E-state index >= 15 is 0 Å². The van der Waals surface area contributed by atoms with Crippen molar-refractivity contribution in [1.29, 1.82) is 0 Å². The maximum Gasteiger partial charge on any atom is 0.241 e. The number of hydrogen-bond donors (Lipinski definition) is 1. The minimum atomic E-state index is -3.74. The van der Waals surface area contributed by atoms with E-state index in [0.29, 0.717) is 25.0 Å². The van der Waals surface area contributed by atoms with Gasteiger partial charge in [0.25, 0.3) is 0 Å². The summed E-state index contributed by atoms with van der Waals surface area (Å²) in [6.07, 6.45) is 2.79. The van der Waals surface area contributed by atoms with Crippen LogP contribution in [0.15, 0.2) is 23.1 Å². The fourth-order valence-corrected chi connectivity index (χ4v) is 4.99. The number of nitrogens with two attached hydrogens (primary N) is 1. The summed E-state index contributed by atoms with van der Waals surface area (Å²) in [5, 5.41) is 5.24. The number of nitrogens with zero attached hydrogens (tertiary/aromatic N) is 3. The molecule has 0 aromatic heterocycles. The fourth-order valence-electron chi connectivity index (χ4n) is 4.43. The molecule has 2 heterocycles. The third kappa shape index (κ3) is 4.40. The Morgan fingerprint density at radius 1 is 1.29 bits per heavy atom. The van der Waals surface area contributed by atoms with Crippen molar-refractivity contribution in [1.82, 2.24) is 9.80 Å². The number of carbonyl (C=O) groups is 1. The molecule has 156 valence electrons. The summed E-state index contributed by atoms with van der Waals surface area (Å²) in [7, 11) is -1.71. The monoisotopic (exact) mass is 408 g/mol. The predicted octanol–water partition coefficient (Wildman–Crippen LogP) is 1.42. The third-order valence-corrected chi connectivity index (χ3v) is 7.01. The van der Waals surface area contributed by atoms with Crippen LogP contribution in [0, 0.1) is 0 Å². The molecule has 2 N–H and O–H groups in total. The number of anilines is 1. The van der Waals surface area contributed by atoms with E-state index in [2.05, 4.69) is 23.6 Å². The lowest BCUT2D eigenvalue weighted by Crippen LogP contribution is -2.49. The number of likely N-dealkylation sites (tertiary alicyclic amines) is 1. The Morgan fingerprint density at radius 2 is 1.93 bits per heavy atom. The standard InChI is InChI=1S/C20H32N4O3S/c1-14(2)23-9-7-17(8-10-23)22(4)13-20(25)24-15(3)11-16-12-18(28(21,26)27)5-6-19(16)24/h5-6,12,14-15,17H,7-11,13H2,1-4H3,(H2,21,26,27). The lowest BCUT2D eigenvalue weighted by Gasteiger charge is -2.38. The molecule has 1 amide bonds. The number of benzene rings is 1. The van der Waals surface area contributed by atoms with Gasteiger partial charge in [0.15, 0.2) is 0 Å². The van der Waals surface area contributed by atoms with Crippen LogP contribution >= 0.6 is 0 Å². The van der Waals surface area contributed by atoms with Crippen molar-refractivity contribution in [2.75, 3.05) is 31.6 Å². The van der Waals surface area contributed by atoms with Gasteiger partial charge in [-0.25, -0.2) is 13.6 Å². The van der Waals surface area contributed by atoms with Crippen LogP contribution in [0.3, 0.4) is 0 Å². The summed E-state index contributed by atoms with van der Waals surface area (Å²) in [5.41, 5.74) is 1.66. The van der Waals surface area contributed by atoms with Crippen LogP contribution in [0.2, 0.25) is 0 Å². The fraction of sp³-hybridized carbons (Fsp3) is 0.650. The van der Waals surface area contributed by atoms with E-state index in [1.165, 1.54) is 6.07 Å². The smallest absolute Gasteiger partial charge is 0.241 e. The molecule has 1 unspecified atom stereocenters. The lowest BCUT2D eigenvalue weighted by molar-refractivity contribution is -0.120. The lowest BCUT2D eigenvalue weighted by atomic mass is 10.0. The highest BCUT2D eigenvalue weighted by atomic mass is 32.2. The molecule has 0 saturated carbocycles. The molecule has 0 radical (unpaired) electrons. The summed E-state index contributed by atoms with van der Waals surface area (Å²) < 4.78 is 23.2. The molecule has 1 fully saturated rings. The highest BCUT2D eigenvalue weighted by molar-refractivity contribution is 7.89. The topological polar surface area (TPSA) is 86.9 Å². The molecule has 2 aliphatic rings. The molecule has 1 aromatic rings. The third-order valence-electron chi connectivity index (χ3n) is 6.10. The first-order valence-electron chi connectivity index (χ1n) is 10.00. The molecular formula is C20H32N4O3S. The molecule has 0 bridgehead atoms. The molecule has 2 aliphatic heterocycles. The van der Waals surface area contributed by atoms with Crippen LogP contribution in [0.1, 0.15) is 39.2 Å². The van der Waals surface area contributed by atoms with Gasteiger partial charge in [-0.1, -0.05) is 0 Å². The van der Waals surface area contributed by atoms with E-state index in [0.717, 1.165) is 37.2 Å². The molecule has 7 nitrogen and oxygen atoms in total. The second-order valence-electron chi connectivity index (χ2n) is 8.43. The summed E-state index contributed by atoms with van der Waals surface area (Å²) in [4.78, 5) is 19.6. The van der Waals surface area contributed by atoms with E-state index < -0.39 is 10.0 Å². The summed E-state index contributed by atoms with van der Waals surface area (Å²) in [6, 6.07) is 5.78. The van der Waals surface area contributed by atoms with Crippen molar-refractivity contribution < 1.29 is 13.2 Å². The molecule has 1 saturated heterocycles. The van der Waals surface area contributed by atoms with E-state index in [-0.39, 0.29) is 16.8 Å². The number of fused-ring (bicyclic) bond motifs is 1. The number of amides is 1. The van der Waals surface area contributed by atoms with E-state index in [9.17, 15) is 13.2 Å². The number of sulfonamides is 1. The van der Waals surface area contributed by atoms with Gasteiger partial charge < -0.3 is 9.80 Å². The summed E-state index contributed by atoms with van der Waals surface area (Å²) >= 11 is 0. The first-order chi connectivity index (χ1) is 13.1. The van der Waals surface area contributed by atoms with Crippen LogP contribution in [0.25, 0.3) is 0 Å². The molecule has 1 aromatic carbocycles. The maximum absolute atomic E-state index is 13.1. The van der Waals surface area contributed by atoms with Gasteiger partial charge in [0.2, 0.25) is 15.9 Å². The van der Waals surface area contributed by atoms with Gasteiger partial charge in [-0.05, 0) is 83.9 Å². The largest absolute Gasteiger partial charge is 0.308 e. The number of carbonyl (C=O) groups excluding carboxylic acids is 1.